The van der Waals surface area contributed by atoms with Crippen molar-refractivity contribution in [3.63, 3.8) is 0 Å². The molecule has 0 unspecified atom stereocenters. The molecule has 10 rings (SSSR count). The molecule has 88 heavy (non-hydrogen) atoms. The fraction of sp³-hybridized carbons (Fsp3) is 0.450. The van der Waals surface area contributed by atoms with E-state index in [1.807, 2.05) is 6.07 Å². The Morgan fingerprint density at radius 2 is 1.17 bits per heavy atom. The molecule has 4 amide bonds. The molecule has 8 heterocycles. The van der Waals surface area contributed by atoms with Crippen LogP contribution >= 0.6 is 23.2 Å². The van der Waals surface area contributed by atoms with Crippen molar-refractivity contribution in [2.75, 3.05) is 39.4 Å². The quantitative estimate of drug-likeness (QED) is 0.0364. The number of H-pyrrole nitrogens is 1. The van der Waals surface area contributed by atoms with Crippen LogP contribution in [0.4, 0.5) is 0 Å². The minimum atomic E-state index is -1.32. The van der Waals surface area contributed by atoms with Crippen LogP contribution in [0.15, 0.2) is 61.2 Å². The van der Waals surface area contributed by atoms with Gasteiger partial charge in [-0.25, -0.2) is 19.9 Å². The van der Waals surface area contributed by atoms with Crippen LogP contribution in [0.2, 0.25) is 61.4 Å². The van der Waals surface area contributed by atoms with Crippen LogP contribution in [0.1, 0.15) is 55.3 Å². The Bertz CT molecular complexity index is 4060. The lowest BCUT2D eigenvalue weighted by Crippen LogP contribution is -2.55. The SMILES string of the molecule is C[C@@H](NC(=O)c1cn(COCC[Si](C)(C)C)c2ncc(-c3n[nH]c4cc(Cl)ccc34)nc12)C(=O)N1CC(C#N)C1.C[C@@H](NC(=O)c1cn(COCC[Si](C)(C)C)c2ncc(-c3nn(CC(=O)OC(C)(C)C)c4cc(Cl)ccc34)nc12)C(=O)N1CC(C#N)C1. The number of hydrogen-bond acceptors (Lipinski definition) is 16. The molecule has 24 nitrogen and oxygen atoms in total. The second kappa shape index (κ2) is 26.3. The van der Waals surface area contributed by atoms with Crippen LogP contribution in [-0.4, -0.2) is 162 Å². The summed E-state index contributed by atoms with van der Waals surface area (Å²) in [4.78, 5) is 87.7. The summed E-state index contributed by atoms with van der Waals surface area (Å²) in [5.74, 6) is -2.26. The normalized spacial score (nSPS) is 14.6. The van der Waals surface area contributed by atoms with Crippen molar-refractivity contribution in [3.05, 3.63) is 82.4 Å². The first-order valence-electron chi connectivity index (χ1n) is 28.9. The number of ether oxygens (including phenoxy) is 3. The van der Waals surface area contributed by atoms with E-state index in [1.165, 1.54) is 4.68 Å². The molecular formula is C60H72Cl2N16O8Si2. The first kappa shape index (κ1) is 64.4. The third-order valence-corrected chi connectivity index (χ3v) is 18.6. The Morgan fingerprint density at radius 1 is 0.705 bits per heavy atom. The predicted octanol–water partition coefficient (Wildman–Crippen LogP) is 8.90. The molecule has 462 valence electrons. The summed E-state index contributed by atoms with van der Waals surface area (Å²) < 4.78 is 22.5. The molecule has 3 N–H and O–H groups in total. The Balaban J connectivity index is 0.000000213. The van der Waals surface area contributed by atoms with E-state index in [0.29, 0.717) is 105 Å². The van der Waals surface area contributed by atoms with Crippen LogP contribution in [0, 0.1) is 34.5 Å². The van der Waals surface area contributed by atoms with Gasteiger partial charge in [-0.2, -0.15) is 20.7 Å². The van der Waals surface area contributed by atoms with Crippen molar-refractivity contribution in [2.24, 2.45) is 11.8 Å². The van der Waals surface area contributed by atoms with Gasteiger partial charge in [0.15, 0.2) is 11.3 Å². The molecule has 2 saturated heterocycles. The number of aromatic nitrogens is 10. The third kappa shape index (κ3) is 15.2. The highest BCUT2D eigenvalue weighted by molar-refractivity contribution is 6.76. The summed E-state index contributed by atoms with van der Waals surface area (Å²) in [5.41, 5.74) is 4.66. The number of nitriles is 2. The number of esters is 1. The van der Waals surface area contributed by atoms with Gasteiger partial charge in [-0.05, 0) is 83.1 Å². The number of benzene rings is 2. The number of likely N-dealkylation sites (tertiary alicyclic amines) is 2. The standard InChI is InChI=1S/C33H41ClN8O5Si.C27H31ClN8O3Si/c1-20(32(45)40-15-21(13-35)16-40)37-31(44)24-17-41(19-46-10-11-48(5,6)7)30-29(24)38-25(14-36-30)28-23-9-8-22(34)12-26(23)42(39-28)18-27(43)47-33(2,3)4;1-16(27(38)35-12-17(10-29)13-35)31-26(37)20-14-36(15-39-7-8-40(2,3)4)25-24(20)32-22(11-30-25)23-19-6-5-18(28)9-21(19)33-34-23/h8-9,12,14,17,20-21H,10-11,15-16,18-19H2,1-7H3,(H,37,44);5-6,9,11,14,16-17H,7-8,12-13,15H2,1-4H3,(H,31,37)(H,33,34)/t20-;16-/m11/s1. The second-order valence-electron chi connectivity index (χ2n) is 25.6. The van der Waals surface area contributed by atoms with Crippen molar-refractivity contribution >= 4 is 113 Å². The molecule has 0 saturated carbocycles. The number of carbonyl (C=O) groups is 5. The summed E-state index contributed by atoms with van der Waals surface area (Å²) in [6.45, 7) is 25.1. The van der Waals surface area contributed by atoms with E-state index in [4.69, 9.17) is 68.0 Å². The Morgan fingerprint density at radius 3 is 1.64 bits per heavy atom. The van der Waals surface area contributed by atoms with Gasteiger partial charge in [0.25, 0.3) is 11.8 Å². The molecule has 6 aromatic heterocycles. The summed E-state index contributed by atoms with van der Waals surface area (Å²) in [6.07, 6.45) is 6.48. The van der Waals surface area contributed by atoms with Crippen molar-refractivity contribution in [1.82, 2.24) is 69.5 Å². The van der Waals surface area contributed by atoms with Gasteiger partial charge in [0, 0.05) is 88.8 Å². The van der Waals surface area contributed by atoms with Crippen LogP contribution in [-0.2, 0) is 48.6 Å². The van der Waals surface area contributed by atoms with E-state index < -0.39 is 51.6 Å². The number of fused-ring (bicyclic) bond motifs is 4. The Hall–Kier alpha value is -8.12. The second-order valence-corrected chi connectivity index (χ2v) is 37.7. The maximum absolute atomic E-state index is 13.7. The monoisotopic (exact) mass is 1270 g/mol. The summed E-state index contributed by atoms with van der Waals surface area (Å²) in [6, 6.07) is 15.3. The highest BCUT2D eigenvalue weighted by Crippen LogP contribution is 2.33. The zero-order valence-corrected chi connectivity index (χ0v) is 54.7. The number of nitrogens with zero attached hydrogens (tertiary/aromatic N) is 13. The predicted molar refractivity (Wildman–Crippen MR) is 338 cm³/mol. The first-order chi connectivity index (χ1) is 41.6. The topological polar surface area (TPSA) is 299 Å². The fourth-order valence-corrected chi connectivity index (χ4v) is 11.6. The number of carbonyl (C=O) groups excluding carboxylic acids is 5. The van der Waals surface area contributed by atoms with Crippen LogP contribution in [0.5, 0.6) is 0 Å². The van der Waals surface area contributed by atoms with E-state index in [0.717, 1.165) is 23.0 Å². The largest absolute Gasteiger partial charge is 0.459 e. The van der Waals surface area contributed by atoms with Gasteiger partial charge >= 0.3 is 5.97 Å². The molecule has 0 aliphatic carbocycles. The van der Waals surface area contributed by atoms with E-state index in [1.54, 1.807) is 109 Å². The van der Waals surface area contributed by atoms with E-state index in [2.05, 4.69) is 77.2 Å². The zero-order valence-electron chi connectivity index (χ0n) is 51.2. The Kier molecular flexibility index (Phi) is 19.2. The molecule has 8 aromatic rings. The maximum Gasteiger partial charge on any atom is 0.328 e. The first-order valence-corrected chi connectivity index (χ1v) is 37.1. The number of halogens is 2. The molecule has 28 heteroatoms. The fourth-order valence-electron chi connectivity index (χ4n) is 9.78. The summed E-state index contributed by atoms with van der Waals surface area (Å²) in [7, 11) is -2.59. The number of nitrogens with one attached hydrogen (secondary N) is 3. The minimum absolute atomic E-state index is 0.152. The summed E-state index contributed by atoms with van der Waals surface area (Å²) >= 11 is 12.5. The molecule has 2 aliphatic heterocycles. The number of amides is 4. The molecule has 2 fully saturated rings. The average Bonchev–Trinajstić information content (AvgIpc) is 1.71. The van der Waals surface area contributed by atoms with Crippen molar-refractivity contribution in [1.29, 1.82) is 10.5 Å². The van der Waals surface area contributed by atoms with Gasteiger partial charge < -0.3 is 43.8 Å². The van der Waals surface area contributed by atoms with Gasteiger partial charge in [0.1, 0.15) is 71.5 Å². The van der Waals surface area contributed by atoms with Gasteiger partial charge in [-0.15, -0.1) is 0 Å². The molecule has 2 aromatic carbocycles. The van der Waals surface area contributed by atoms with E-state index >= 15 is 0 Å². The molecule has 0 bridgehead atoms. The maximum atomic E-state index is 13.7. The Labute approximate surface area is 520 Å². The molecule has 2 aliphatic rings. The van der Waals surface area contributed by atoms with E-state index in [-0.39, 0.29) is 54.8 Å². The lowest BCUT2D eigenvalue weighted by atomic mass is 10.0. The van der Waals surface area contributed by atoms with Crippen molar-refractivity contribution < 1.29 is 38.2 Å². The molecule has 2 atom stereocenters. The van der Waals surface area contributed by atoms with Gasteiger partial charge in [0.2, 0.25) is 11.8 Å². The van der Waals surface area contributed by atoms with Gasteiger partial charge in [-0.1, -0.05) is 62.5 Å². The van der Waals surface area contributed by atoms with Crippen LogP contribution in [0.3, 0.4) is 0 Å². The van der Waals surface area contributed by atoms with Crippen molar-refractivity contribution in [2.45, 2.75) is 124 Å². The van der Waals surface area contributed by atoms with Crippen molar-refractivity contribution in [3.8, 4) is 34.9 Å². The smallest absolute Gasteiger partial charge is 0.328 e. The van der Waals surface area contributed by atoms with Crippen LogP contribution in [0.25, 0.3) is 66.9 Å². The number of hydrogen-bond donors (Lipinski definition) is 3. The highest BCUT2D eigenvalue weighted by atomic mass is 35.5. The summed E-state index contributed by atoms with van der Waals surface area (Å²) in [5, 5.41) is 38.3. The number of rotatable bonds is 20. The van der Waals surface area contributed by atoms with Crippen LogP contribution < -0.4 is 10.6 Å². The average molecular weight is 1270 g/mol. The number of aromatic amines is 1. The third-order valence-electron chi connectivity index (χ3n) is 14.7. The molecule has 0 radical (unpaired) electrons. The molecule has 0 spiro atoms. The zero-order chi connectivity index (χ0) is 63.6. The van der Waals surface area contributed by atoms with E-state index in [9.17, 15) is 24.0 Å². The lowest BCUT2D eigenvalue weighted by Gasteiger charge is -2.37. The van der Waals surface area contributed by atoms with Gasteiger partial charge in [0.05, 0.1) is 58.5 Å². The minimum Gasteiger partial charge on any atom is -0.459 e. The van der Waals surface area contributed by atoms with Gasteiger partial charge in [-0.3, -0.25) is 33.8 Å². The molecular weight excluding hydrogens is 1200 g/mol. The lowest BCUT2D eigenvalue weighted by molar-refractivity contribution is -0.155. The highest BCUT2D eigenvalue weighted by Gasteiger charge is 2.36.